The fourth-order valence-electron chi connectivity index (χ4n) is 2.45. The molecular weight excluding hydrogens is 291 g/mol. The fraction of sp³-hybridized carbons (Fsp3) is 0.143. The second-order valence-electron chi connectivity index (χ2n) is 4.97. The van der Waals surface area contributed by atoms with Gasteiger partial charge in [0.1, 0.15) is 0 Å². The van der Waals surface area contributed by atoms with Gasteiger partial charge in [0.2, 0.25) is 0 Å². The predicted octanol–water partition coefficient (Wildman–Crippen LogP) is 1.25. The van der Waals surface area contributed by atoms with Gasteiger partial charge < -0.3 is 10.0 Å². The Labute approximate surface area is 125 Å². The highest BCUT2D eigenvalue weighted by Gasteiger charge is 2.21. The molecule has 0 aliphatic rings. The van der Waals surface area contributed by atoms with Gasteiger partial charge in [0.05, 0.1) is 6.20 Å². The summed E-state index contributed by atoms with van der Waals surface area (Å²) in [6.07, 6.45) is 3.20. The monoisotopic (exact) mass is 303 g/mol. The summed E-state index contributed by atoms with van der Waals surface area (Å²) in [4.78, 5) is 3.92. The molecule has 3 aromatic rings. The summed E-state index contributed by atoms with van der Waals surface area (Å²) < 4.78 is 28.4. The molecule has 0 atom stereocenters. The number of aromatic nitrogens is 3. The van der Waals surface area contributed by atoms with Gasteiger partial charge in [-0.25, -0.2) is 8.78 Å². The summed E-state index contributed by atoms with van der Waals surface area (Å²) in [5.74, 6) is 0. The molecule has 2 heterocycles. The molecule has 0 saturated carbocycles. The van der Waals surface area contributed by atoms with E-state index in [4.69, 9.17) is 0 Å². The Hall–Kier alpha value is -2.32. The highest BCUT2D eigenvalue weighted by atomic mass is 19.3. The molecule has 0 spiro atoms. The van der Waals surface area contributed by atoms with Crippen LogP contribution in [0.3, 0.4) is 0 Å². The van der Waals surface area contributed by atoms with Crippen molar-refractivity contribution in [1.82, 2.24) is 14.8 Å². The average Bonchev–Trinajstić information content (AvgIpc) is 2.91. The van der Waals surface area contributed by atoms with E-state index in [1.807, 2.05) is 0 Å². The summed E-state index contributed by atoms with van der Waals surface area (Å²) in [6, 6.07) is 2.84. The number of nitrogens with zero attached hydrogens (tertiary/aromatic N) is 3. The van der Waals surface area contributed by atoms with Crippen LogP contribution in [-0.2, 0) is 7.05 Å². The first-order valence-electron chi connectivity index (χ1n) is 6.52. The largest absolute Gasteiger partial charge is 0.490 e. The van der Waals surface area contributed by atoms with Crippen LogP contribution < -0.4 is 5.46 Å². The summed E-state index contributed by atoms with van der Waals surface area (Å²) in [7, 11) is -0.0695. The topological polar surface area (TPSA) is 71.2 Å². The average molecular weight is 303 g/mol. The van der Waals surface area contributed by atoms with Gasteiger partial charge in [0.25, 0.3) is 6.43 Å². The normalized spacial score (nSPS) is 11.4. The summed E-state index contributed by atoms with van der Waals surface area (Å²) in [5, 5.41) is 23.6. The van der Waals surface area contributed by atoms with Gasteiger partial charge in [-0.3, -0.25) is 9.67 Å². The van der Waals surface area contributed by atoms with E-state index in [0.717, 1.165) is 0 Å². The first-order chi connectivity index (χ1) is 10.5. The number of halogens is 2. The number of hydrogen-bond donors (Lipinski definition) is 2. The second kappa shape index (κ2) is 5.47. The zero-order valence-electron chi connectivity index (χ0n) is 11.6. The van der Waals surface area contributed by atoms with Crippen LogP contribution >= 0.6 is 0 Å². The molecule has 0 radical (unpaired) electrons. The van der Waals surface area contributed by atoms with Crippen LogP contribution in [0.2, 0.25) is 0 Å². The molecule has 0 aliphatic heterocycles. The van der Waals surface area contributed by atoms with Crippen LogP contribution in [0, 0.1) is 0 Å². The van der Waals surface area contributed by atoms with Crippen molar-refractivity contribution >= 4 is 23.4 Å². The van der Waals surface area contributed by atoms with Gasteiger partial charge >= 0.3 is 7.12 Å². The van der Waals surface area contributed by atoms with Gasteiger partial charge in [0.15, 0.2) is 0 Å². The summed E-state index contributed by atoms with van der Waals surface area (Å²) in [6.45, 7) is 0. The number of aryl methyl sites for hydroxylation is 1. The minimum atomic E-state index is -2.70. The van der Waals surface area contributed by atoms with Crippen LogP contribution in [-0.4, -0.2) is 31.9 Å². The number of hydrogen-bond acceptors (Lipinski definition) is 4. The molecule has 112 valence electrons. The summed E-state index contributed by atoms with van der Waals surface area (Å²) >= 11 is 0. The Bertz CT molecular complexity index is 836. The van der Waals surface area contributed by atoms with Crippen LogP contribution in [0.15, 0.2) is 36.9 Å². The van der Waals surface area contributed by atoms with Crippen molar-refractivity contribution in [2.45, 2.75) is 6.43 Å². The molecule has 0 fully saturated rings. The lowest BCUT2D eigenvalue weighted by molar-refractivity contribution is 0.152. The third-order valence-electron chi connectivity index (χ3n) is 3.49. The van der Waals surface area contributed by atoms with Crippen molar-refractivity contribution < 1.29 is 18.8 Å². The Kier molecular flexibility index (Phi) is 3.63. The van der Waals surface area contributed by atoms with Crippen molar-refractivity contribution in [3.8, 4) is 11.1 Å². The maximum absolute atomic E-state index is 13.4. The van der Waals surface area contributed by atoms with Gasteiger partial charge in [-0.15, -0.1) is 0 Å². The number of fused-ring (bicyclic) bond motifs is 1. The van der Waals surface area contributed by atoms with Gasteiger partial charge in [0, 0.05) is 47.6 Å². The molecule has 0 bridgehead atoms. The quantitative estimate of drug-likeness (QED) is 0.715. The zero-order valence-corrected chi connectivity index (χ0v) is 11.6. The number of rotatable bonds is 3. The molecule has 3 rings (SSSR count). The van der Waals surface area contributed by atoms with E-state index in [1.54, 1.807) is 19.3 Å². The lowest BCUT2D eigenvalue weighted by atomic mass is 9.78. The summed E-state index contributed by atoms with van der Waals surface area (Å²) in [5.41, 5.74) is 0.822. The molecule has 1 aromatic carbocycles. The third kappa shape index (κ3) is 2.47. The highest BCUT2D eigenvalue weighted by Crippen LogP contribution is 2.34. The molecule has 0 amide bonds. The van der Waals surface area contributed by atoms with E-state index in [2.05, 4.69) is 10.1 Å². The SMILES string of the molecule is Cn1cc(-c2cc3cncc(B(O)O)c3cc2C(F)F)cn1. The molecule has 0 unspecified atom stereocenters. The zero-order chi connectivity index (χ0) is 15.9. The minimum Gasteiger partial charge on any atom is -0.423 e. The smallest absolute Gasteiger partial charge is 0.423 e. The predicted molar refractivity (Wildman–Crippen MR) is 78.7 cm³/mol. The van der Waals surface area contributed by atoms with Crippen molar-refractivity contribution in [3.63, 3.8) is 0 Å². The first kappa shape index (κ1) is 14.6. The molecular formula is C14H12BF2N3O2. The lowest BCUT2D eigenvalue weighted by Crippen LogP contribution is -2.31. The van der Waals surface area contributed by atoms with Gasteiger partial charge in [-0.1, -0.05) is 0 Å². The van der Waals surface area contributed by atoms with E-state index in [1.165, 1.54) is 29.3 Å². The van der Waals surface area contributed by atoms with Crippen LogP contribution in [0.25, 0.3) is 21.9 Å². The Morgan fingerprint density at radius 2 is 1.95 bits per heavy atom. The van der Waals surface area contributed by atoms with E-state index >= 15 is 0 Å². The van der Waals surface area contributed by atoms with Crippen molar-refractivity contribution in [2.75, 3.05) is 0 Å². The van der Waals surface area contributed by atoms with Crippen molar-refractivity contribution in [1.29, 1.82) is 0 Å². The van der Waals surface area contributed by atoms with E-state index in [-0.39, 0.29) is 11.0 Å². The maximum Gasteiger partial charge on any atom is 0.490 e. The minimum absolute atomic E-state index is 0.0946. The van der Waals surface area contributed by atoms with Crippen LogP contribution in [0.1, 0.15) is 12.0 Å². The highest BCUT2D eigenvalue weighted by molar-refractivity contribution is 6.61. The van der Waals surface area contributed by atoms with Crippen molar-refractivity contribution in [2.24, 2.45) is 7.05 Å². The molecule has 2 N–H and O–H groups in total. The Balaban J connectivity index is 2.31. The molecule has 0 saturated heterocycles. The number of alkyl halides is 2. The maximum atomic E-state index is 13.4. The van der Waals surface area contributed by atoms with E-state index in [0.29, 0.717) is 21.9 Å². The van der Waals surface area contributed by atoms with Gasteiger partial charge in [-0.2, -0.15) is 5.10 Å². The molecule has 5 nitrogen and oxygen atoms in total. The Morgan fingerprint density at radius 1 is 1.18 bits per heavy atom. The molecule has 8 heteroatoms. The number of benzene rings is 1. The van der Waals surface area contributed by atoms with E-state index < -0.39 is 13.5 Å². The standard InChI is InChI=1S/C14H12BF2N3O2/c1-20-7-9(5-19-20)10-2-8-4-18-6-13(15(21)22)11(8)3-12(10)14(16)17/h2-7,14,21-22H,1H3. The molecule has 22 heavy (non-hydrogen) atoms. The van der Waals surface area contributed by atoms with Crippen LogP contribution in [0.4, 0.5) is 8.78 Å². The fourth-order valence-corrected chi connectivity index (χ4v) is 2.45. The van der Waals surface area contributed by atoms with Crippen LogP contribution in [0.5, 0.6) is 0 Å². The van der Waals surface area contributed by atoms with E-state index in [9.17, 15) is 18.8 Å². The first-order valence-corrected chi connectivity index (χ1v) is 6.52. The number of pyridine rings is 1. The third-order valence-corrected chi connectivity index (χ3v) is 3.49. The molecule has 2 aromatic heterocycles. The van der Waals surface area contributed by atoms with Crippen molar-refractivity contribution in [3.05, 3.63) is 42.5 Å². The van der Waals surface area contributed by atoms with Gasteiger partial charge in [-0.05, 0) is 23.1 Å². The second-order valence-corrected chi connectivity index (χ2v) is 4.97. The lowest BCUT2D eigenvalue weighted by Gasteiger charge is -2.12. The Morgan fingerprint density at radius 3 is 2.55 bits per heavy atom. The molecule has 0 aliphatic carbocycles.